The maximum absolute atomic E-state index is 12.4. The van der Waals surface area contributed by atoms with Crippen LogP contribution in [0.2, 0.25) is 0 Å². The van der Waals surface area contributed by atoms with Crippen LogP contribution in [0.25, 0.3) is 0 Å². The third-order valence-corrected chi connectivity index (χ3v) is 3.24. The van der Waals surface area contributed by atoms with Gasteiger partial charge in [0, 0.05) is 18.0 Å². The quantitative estimate of drug-likeness (QED) is 0.764. The summed E-state index contributed by atoms with van der Waals surface area (Å²) in [6.07, 6.45) is 1.51. The summed E-state index contributed by atoms with van der Waals surface area (Å²) < 4.78 is 4.97. The Kier molecular flexibility index (Phi) is 4.24. The van der Waals surface area contributed by atoms with Crippen molar-refractivity contribution in [3.8, 4) is 0 Å². The van der Waals surface area contributed by atoms with Gasteiger partial charge in [-0.2, -0.15) is 0 Å². The summed E-state index contributed by atoms with van der Waals surface area (Å²) in [5.74, 6) is 1.12. The third kappa shape index (κ3) is 3.75. The molecule has 0 radical (unpaired) electrons. The molecule has 122 valence electrons. The van der Waals surface area contributed by atoms with Gasteiger partial charge in [0.2, 0.25) is 5.95 Å². The van der Waals surface area contributed by atoms with Crippen LogP contribution in [0.3, 0.4) is 0 Å². The Hall–Kier alpha value is -3.22. The van der Waals surface area contributed by atoms with Gasteiger partial charge in [-0.15, -0.1) is 0 Å². The molecule has 0 aliphatic carbocycles. The molecule has 0 aliphatic rings. The van der Waals surface area contributed by atoms with Crippen molar-refractivity contribution in [3.05, 3.63) is 59.1 Å². The maximum atomic E-state index is 12.4. The molecule has 0 spiro atoms. The van der Waals surface area contributed by atoms with Gasteiger partial charge in [0.1, 0.15) is 11.5 Å². The van der Waals surface area contributed by atoms with Gasteiger partial charge in [-0.25, -0.2) is 9.97 Å². The predicted octanol–water partition coefficient (Wildman–Crippen LogP) is 3.39. The molecule has 0 saturated carbocycles. The van der Waals surface area contributed by atoms with Gasteiger partial charge in [0.25, 0.3) is 5.91 Å². The zero-order chi connectivity index (χ0) is 17.1. The van der Waals surface area contributed by atoms with E-state index in [-0.39, 0.29) is 17.5 Å². The van der Waals surface area contributed by atoms with Crippen LogP contribution in [0.15, 0.2) is 41.1 Å². The summed E-state index contributed by atoms with van der Waals surface area (Å²) in [4.78, 5) is 20.7. The first-order valence-corrected chi connectivity index (χ1v) is 7.42. The van der Waals surface area contributed by atoms with E-state index in [4.69, 9.17) is 4.52 Å². The molecule has 24 heavy (non-hydrogen) atoms. The van der Waals surface area contributed by atoms with Crippen molar-refractivity contribution in [2.75, 3.05) is 10.6 Å². The maximum Gasteiger partial charge on any atom is 0.274 e. The van der Waals surface area contributed by atoms with Crippen LogP contribution in [0.5, 0.6) is 0 Å². The average molecular weight is 323 g/mol. The van der Waals surface area contributed by atoms with Crippen molar-refractivity contribution in [2.24, 2.45) is 0 Å². The van der Waals surface area contributed by atoms with Crippen LogP contribution in [0.1, 0.15) is 27.4 Å². The number of nitrogens with zero attached hydrogens (tertiary/aromatic N) is 3. The van der Waals surface area contributed by atoms with Crippen LogP contribution in [-0.4, -0.2) is 21.0 Å². The molecule has 1 aromatic carbocycles. The fourth-order valence-electron chi connectivity index (χ4n) is 2.33. The van der Waals surface area contributed by atoms with E-state index in [1.54, 1.807) is 19.1 Å². The molecular formula is C17H17N5O2. The van der Waals surface area contributed by atoms with Gasteiger partial charge >= 0.3 is 0 Å². The lowest BCUT2D eigenvalue weighted by Crippen LogP contribution is -2.15. The minimum Gasteiger partial charge on any atom is -0.360 e. The minimum absolute atomic E-state index is 0.256. The number of nitrogens with one attached hydrogen (secondary N) is 2. The van der Waals surface area contributed by atoms with Gasteiger partial charge in [0.05, 0.1) is 0 Å². The van der Waals surface area contributed by atoms with Gasteiger partial charge in [-0.05, 0) is 50.1 Å². The fourth-order valence-corrected chi connectivity index (χ4v) is 2.33. The van der Waals surface area contributed by atoms with Crippen LogP contribution >= 0.6 is 0 Å². The largest absolute Gasteiger partial charge is 0.360 e. The Morgan fingerprint density at radius 2 is 1.83 bits per heavy atom. The summed E-state index contributed by atoms with van der Waals surface area (Å²) in [6, 6.07) is 9.12. The molecule has 0 atom stereocenters. The Bertz CT molecular complexity index is 868. The van der Waals surface area contributed by atoms with Crippen LogP contribution in [-0.2, 0) is 0 Å². The van der Waals surface area contributed by atoms with E-state index in [1.165, 1.54) is 6.20 Å². The van der Waals surface area contributed by atoms with Crippen molar-refractivity contribution >= 4 is 23.4 Å². The number of carbonyl (C=O) groups is 1. The number of anilines is 3. The summed E-state index contributed by atoms with van der Waals surface area (Å²) >= 11 is 0. The van der Waals surface area contributed by atoms with E-state index in [0.29, 0.717) is 11.6 Å². The van der Waals surface area contributed by atoms with E-state index in [1.807, 2.05) is 32.0 Å². The van der Waals surface area contributed by atoms with E-state index in [9.17, 15) is 4.79 Å². The highest BCUT2D eigenvalue weighted by molar-refractivity contribution is 6.03. The highest BCUT2D eigenvalue weighted by atomic mass is 16.5. The van der Waals surface area contributed by atoms with Gasteiger partial charge in [0.15, 0.2) is 5.82 Å². The SMILES string of the molecule is Cc1cc(C)cc(NC(=O)c2ccnc(Nc3cc(C)on3)n2)c1. The number of rotatable bonds is 4. The molecule has 2 N–H and O–H groups in total. The van der Waals surface area contributed by atoms with E-state index < -0.39 is 0 Å². The van der Waals surface area contributed by atoms with E-state index in [2.05, 4.69) is 25.8 Å². The Morgan fingerprint density at radius 1 is 1.08 bits per heavy atom. The molecule has 3 aromatic rings. The summed E-state index contributed by atoms with van der Waals surface area (Å²) in [5, 5.41) is 9.55. The highest BCUT2D eigenvalue weighted by Crippen LogP contribution is 2.16. The Balaban J connectivity index is 1.76. The van der Waals surface area contributed by atoms with Crippen molar-refractivity contribution in [3.63, 3.8) is 0 Å². The molecule has 7 heteroatoms. The lowest BCUT2D eigenvalue weighted by Gasteiger charge is -2.08. The second kappa shape index (κ2) is 6.49. The Morgan fingerprint density at radius 3 is 2.50 bits per heavy atom. The number of aryl methyl sites for hydroxylation is 3. The van der Waals surface area contributed by atoms with Gasteiger partial charge in [-0.3, -0.25) is 4.79 Å². The van der Waals surface area contributed by atoms with Crippen LogP contribution < -0.4 is 10.6 Å². The smallest absolute Gasteiger partial charge is 0.274 e. The highest BCUT2D eigenvalue weighted by Gasteiger charge is 2.11. The number of hydrogen-bond acceptors (Lipinski definition) is 6. The first kappa shape index (κ1) is 15.7. The van der Waals surface area contributed by atoms with E-state index >= 15 is 0 Å². The predicted molar refractivity (Wildman–Crippen MR) is 90.4 cm³/mol. The standard InChI is InChI=1S/C17H17N5O2/c1-10-6-11(2)8-13(7-10)19-16(23)14-4-5-18-17(20-14)21-15-9-12(3)24-22-15/h4-9H,1-3H3,(H,19,23)(H,18,20,21,22). The summed E-state index contributed by atoms with van der Waals surface area (Å²) in [5.41, 5.74) is 3.15. The number of carbonyl (C=O) groups excluding carboxylic acids is 1. The molecule has 2 heterocycles. The number of benzene rings is 1. The van der Waals surface area contributed by atoms with Gasteiger partial charge < -0.3 is 15.2 Å². The number of hydrogen-bond donors (Lipinski definition) is 2. The molecule has 3 rings (SSSR count). The first-order chi connectivity index (χ1) is 11.5. The molecule has 1 amide bonds. The lowest BCUT2D eigenvalue weighted by molar-refractivity contribution is 0.102. The third-order valence-electron chi connectivity index (χ3n) is 3.24. The van der Waals surface area contributed by atoms with Gasteiger partial charge in [-0.1, -0.05) is 11.2 Å². The normalized spacial score (nSPS) is 10.5. The first-order valence-electron chi connectivity index (χ1n) is 7.42. The fraction of sp³-hybridized carbons (Fsp3) is 0.176. The monoisotopic (exact) mass is 323 g/mol. The molecule has 2 aromatic heterocycles. The van der Waals surface area contributed by atoms with Crippen molar-refractivity contribution in [1.29, 1.82) is 0 Å². The zero-order valence-electron chi connectivity index (χ0n) is 13.6. The topological polar surface area (TPSA) is 92.9 Å². The molecule has 0 bridgehead atoms. The second-order valence-corrected chi connectivity index (χ2v) is 5.54. The van der Waals surface area contributed by atoms with Crippen molar-refractivity contribution < 1.29 is 9.32 Å². The molecule has 0 fully saturated rings. The molecule has 7 nitrogen and oxygen atoms in total. The second-order valence-electron chi connectivity index (χ2n) is 5.54. The zero-order valence-corrected chi connectivity index (χ0v) is 13.6. The van der Waals surface area contributed by atoms with Crippen LogP contribution in [0.4, 0.5) is 17.5 Å². The average Bonchev–Trinajstić information content (AvgIpc) is 2.91. The van der Waals surface area contributed by atoms with Crippen LogP contribution in [0, 0.1) is 20.8 Å². The Labute approximate surface area is 139 Å². The summed E-state index contributed by atoms with van der Waals surface area (Å²) in [7, 11) is 0. The van der Waals surface area contributed by atoms with Crippen molar-refractivity contribution in [1.82, 2.24) is 15.1 Å². The molecular weight excluding hydrogens is 306 g/mol. The lowest BCUT2D eigenvalue weighted by atomic mass is 10.1. The molecule has 0 aliphatic heterocycles. The number of aromatic nitrogens is 3. The summed E-state index contributed by atoms with van der Waals surface area (Å²) in [6.45, 7) is 5.75. The number of amides is 1. The molecule has 0 unspecified atom stereocenters. The van der Waals surface area contributed by atoms with Crippen molar-refractivity contribution in [2.45, 2.75) is 20.8 Å². The minimum atomic E-state index is -0.304. The molecule has 0 saturated heterocycles. The van der Waals surface area contributed by atoms with E-state index in [0.717, 1.165) is 16.8 Å².